The van der Waals surface area contributed by atoms with Crippen LogP contribution in [0.2, 0.25) is 0 Å². The number of hydrogen-bond donors (Lipinski definition) is 2. The van der Waals surface area contributed by atoms with E-state index < -0.39 is 10.0 Å². The molecule has 1 aromatic rings. The standard InChI is InChI=1S/C15H24N2O3S/c1-12(16-2)14-5-7-15(8-6-14)21(19,20)17-9-3-4-13(10-17)11-18/h5-8,12-13,16,18H,3-4,9-11H2,1-2H3. The maximum Gasteiger partial charge on any atom is 0.243 e. The van der Waals surface area contributed by atoms with Gasteiger partial charge in [0.15, 0.2) is 0 Å². The first-order valence-corrected chi connectivity index (χ1v) is 8.81. The second kappa shape index (κ2) is 6.87. The molecule has 2 N–H and O–H groups in total. The minimum Gasteiger partial charge on any atom is -0.396 e. The SMILES string of the molecule is CNC(C)c1ccc(S(=O)(=O)N2CCCC(CO)C2)cc1. The van der Waals surface area contributed by atoms with Crippen LogP contribution in [0, 0.1) is 5.92 Å². The third-order valence-corrected chi connectivity index (χ3v) is 6.07. The highest BCUT2D eigenvalue weighted by Gasteiger charge is 2.29. The molecular formula is C15H24N2O3S. The van der Waals surface area contributed by atoms with Crippen LogP contribution in [0.3, 0.4) is 0 Å². The fraction of sp³-hybridized carbons (Fsp3) is 0.600. The number of rotatable bonds is 5. The summed E-state index contributed by atoms with van der Waals surface area (Å²) in [6.45, 7) is 3.02. The molecule has 0 aliphatic carbocycles. The van der Waals surface area contributed by atoms with Crippen molar-refractivity contribution in [1.29, 1.82) is 0 Å². The lowest BCUT2D eigenvalue weighted by Crippen LogP contribution is -2.40. The van der Waals surface area contributed by atoms with E-state index in [1.807, 2.05) is 26.1 Å². The summed E-state index contributed by atoms with van der Waals surface area (Å²) in [5, 5.41) is 12.4. The third-order valence-electron chi connectivity index (χ3n) is 4.19. The second-order valence-corrected chi connectivity index (χ2v) is 7.57. The molecule has 1 aliphatic heterocycles. The number of piperidine rings is 1. The first kappa shape index (κ1) is 16.4. The van der Waals surface area contributed by atoms with Crippen molar-refractivity contribution in [2.75, 3.05) is 26.7 Å². The molecule has 0 aromatic heterocycles. The molecule has 0 radical (unpaired) electrons. The average molecular weight is 312 g/mol. The summed E-state index contributed by atoms with van der Waals surface area (Å²) in [4.78, 5) is 0.327. The highest BCUT2D eigenvalue weighted by molar-refractivity contribution is 7.89. The van der Waals surface area contributed by atoms with E-state index in [9.17, 15) is 13.5 Å². The summed E-state index contributed by atoms with van der Waals surface area (Å²) in [5.74, 6) is 0.0529. The molecule has 1 heterocycles. The van der Waals surface area contributed by atoms with Crippen LogP contribution in [0.1, 0.15) is 31.4 Å². The number of sulfonamides is 1. The lowest BCUT2D eigenvalue weighted by Gasteiger charge is -2.31. The first-order valence-electron chi connectivity index (χ1n) is 7.37. The Labute approximate surface area is 127 Å². The van der Waals surface area contributed by atoms with Gasteiger partial charge in [-0.3, -0.25) is 0 Å². The zero-order valence-electron chi connectivity index (χ0n) is 12.6. The van der Waals surface area contributed by atoms with Crippen molar-refractivity contribution >= 4 is 10.0 Å². The highest BCUT2D eigenvalue weighted by Crippen LogP contribution is 2.24. The van der Waals surface area contributed by atoms with E-state index in [-0.39, 0.29) is 18.6 Å². The molecule has 1 aromatic carbocycles. The van der Waals surface area contributed by atoms with Crippen LogP contribution in [-0.4, -0.2) is 44.6 Å². The summed E-state index contributed by atoms with van der Waals surface area (Å²) in [7, 11) is -1.58. The molecule has 21 heavy (non-hydrogen) atoms. The summed E-state index contributed by atoms with van der Waals surface area (Å²) in [6, 6.07) is 7.22. The quantitative estimate of drug-likeness (QED) is 0.861. The average Bonchev–Trinajstić information content (AvgIpc) is 2.54. The van der Waals surface area contributed by atoms with Crippen molar-refractivity contribution in [1.82, 2.24) is 9.62 Å². The van der Waals surface area contributed by atoms with Crippen LogP contribution in [0.25, 0.3) is 0 Å². The largest absolute Gasteiger partial charge is 0.396 e. The van der Waals surface area contributed by atoms with E-state index in [1.54, 1.807) is 12.1 Å². The van der Waals surface area contributed by atoms with E-state index in [0.29, 0.717) is 18.0 Å². The van der Waals surface area contributed by atoms with Gasteiger partial charge in [-0.1, -0.05) is 12.1 Å². The van der Waals surface area contributed by atoms with Gasteiger partial charge in [-0.15, -0.1) is 0 Å². The van der Waals surface area contributed by atoms with Crippen LogP contribution < -0.4 is 5.32 Å². The van der Waals surface area contributed by atoms with Crippen LogP contribution >= 0.6 is 0 Å². The predicted octanol–water partition coefficient (Wildman–Crippen LogP) is 1.36. The van der Waals surface area contributed by atoms with Gasteiger partial charge in [0.05, 0.1) is 4.90 Å². The molecule has 1 saturated heterocycles. The van der Waals surface area contributed by atoms with Crippen LogP contribution in [0.5, 0.6) is 0 Å². The minimum atomic E-state index is -3.45. The summed E-state index contributed by atoms with van der Waals surface area (Å²) in [6.07, 6.45) is 1.69. The Balaban J connectivity index is 2.19. The summed E-state index contributed by atoms with van der Waals surface area (Å²) in [5.41, 5.74) is 1.06. The summed E-state index contributed by atoms with van der Waals surface area (Å²) < 4.78 is 26.8. The Morgan fingerprint density at radius 3 is 2.62 bits per heavy atom. The van der Waals surface area contributed by atoms with Gasteiger partial charge in [0.1, 0.15) is 0 Å². The monoisotopic (exact) mass is 312 g/mol. The maximum absolute atomic E-state index is 12.6. The number of nitrogens with zero attached hydrogens (tertiary/aromatic N) is 1. The Morgan fingerprint density at radius 1 is 1.38 bits per heavy atom. The second-order valence-electron chi connectivity index (χ2n) is 5.63. The summed E-state index contributed by atoms with van der Waals surface area (Å²) >= 11 is 0. The lowest BCUT2D eigenvalue weighted by molar-refractivity contribution is 0.165. The van der Waals surface area contributed by atoms with Gasteiger partial charge < -0.3 is 10.4 Å². The molecule has 118 valence electrons. The molecule has 0 saturated carbocycles. The zero-order chi connectivity index (χ0) is 15.5. The van der Waals surface area contributed by atoms with E-state index in [2.05, 4.69) is 5.32 Å². The Kier molecular flexibility index (Phi) is 5.37. The van der Waals surface area contributed by atoms with E-state index in [4.69, 9.17) is 0 Å². The van der Waals surface area contributed by atoms with E-state index in [0.717, 1.165) is 18.4 Å². The Hall–Kier alpha value is -0.950. The fourth-order valence-corrected chi connectivity index (χ4v) is 4.19. The number of aliphatic hydroxyl groups is 1. The number of nitrogens with one attached hydrogen (secondary N) is 1. The Morgan fingerprint density at radius 2 is 2.05 bits per heavy atom. The van der Waals surface area contributed by atoms with E-state index in [1.165, 1.54) is 4.31 Å². The minimum absolute atomic E-state index is 0.0463. The maximum atomic E-state index is 12.6. The van der Waals surface area contributed by atoms with Crippen molar-refractivity contribution < 1.29 is 13.5 Å². The molecule has 0 spiro atoms. The van der Waals surface area contributed by atoms with Crippen molar-refractivity contribution in [3.05, 3.63) is 29.8 Å². The van der Waals surface area contributed by atoms with Gasteiger partial charge in [-0.05, 0) is 50.4 Å². The Bertz CT molecular complexity index is 557. The van der Waals surface area contributed by atoms with Crippen molar-refractivity contribution in [2.24, 2.45) is 5.92 Å². The van der Waals surface area contributed by atoms with E-state index >= 15 is 0 Å². The third kappa shape index (κ3) is 3.63. The first-order chi connectivity index (χ1) is 9.98. The van der Waals surface area contributed by atoms with Gasteiger partial charge in [0.25, 0.3) is 0 Å². The number of aliphatic hydroxyl groups excluding tert-OH is 1. The van der Waals surface area contributed by atoms with Crippen LogP contribution in [-0.2, 0) is 10.0 Å². The van der Waals surface area contributed by atoms with Gasteiger partial charge in [-0.25, -0.2) is 8.42 Å². The topological polar surface area (TPSA) is 69.6 Å². The molecular weight excluding hydrogens is 288 g/mol. The molecule has 2 unspecified atom stereocenters. The van der Waals surface area contributed by atoms with Gasteiger partial charge in [-0.2, -0.15) is 4.31 Å². The van der Waals surface area contributed by atoms with Gasteiger partial charge in [0.2, 0.25) is 10.0 Å². The zero-order valence-corrected chi connectivity index (χ0v) is 13.4. The predicted molar refractivity (Wildman–Crippen MR) is 82.5 cm³/mol. The molecule has 2 atom stereocenters. The number of benzene rings is 1. The number of hydrogen-bond acceptors (Lipinski definition) is 4. The van der Waals surface area contributed by atoms with Crippen molar-refractivity contribution in [2.45, 2.75) is 30.7 Å². The fourth-order valence-electron chi connectivity index (χ4n) is 2.64. The van der Waals surface area contributed by atoms with Crippen molar-refractivity contribution in [3.63, 3.8) is 0 Å². The molecule has 5 nitrogen and oxygen atoms in total. The van der Waals surface area contributed by atoms with Gasteiger partial charge >= 0.3 is 0 Å². The molecule has 0 bridgehead atoms. The molecule has 6 heteroatoms. The van der Waals surface area contributed by atoms with Gasteiger partial charge in [0, 0.05) is 25.7 Å². The smallest absolute Gasteiger partial charge is 0.243 e. The lowest BCUT2D eigenvalue weighted by atomic mass is 10.0. The van der Waals surface area contributed by atoms with Crippen molar-refractivity contribution in [3.8, 4) is 0 Å². The molecule has 1 aliphatic rings. The highest BCUT2D eigenvalue weighted by atomic mass is 32.2. The molecule has 1 fully saturated rings. The van der Waals surface area contributed by atoms with Crippen LogP contribution in [0.4, 0.5) is 0 Å². The molecule has 2 rings (SSSR count). The van der Waals surface area contributed by atoms with Crippen LogP contribution in [0.15, 0.2) is 29.2 Å². The molecule has 0 amide bonds. The normalized spacial score (nSPS) is 22.1.